The van der Waals surface area contributed by atoms with Crippen LogP contribution in [0.4, 0.5) is 0 Å². The highest BCUT2D eigenvalue weighted by atomic mass is 32.2. The van der Waals surface area contributed by atoms with Gasteiger partial charge in [0.05, 0.1) is 5.69 Å². The Labute approximate surface area is 124 Å². The van der Waals surface area contributed by atoms with Crippen LogP contribution in [0, 0.1) is 0 Å². The van der Waals surface area contributed by atoms with Crippen molar-refractivity contribution in [2.45, 2.75) is 31.8 Å². The van der Waals surface area contributed by atoms with E-state index in [2.05, 4.69) is 53.4 Å². The number of aromatic nitrogens is 2. The maximum Gasteiger partial charge on any atom is 0.0693 e. The number of nitrogens with zero attached hydrogens (tertiary/aromatic N) is 2. The van der Waals surface area contributed by atoms with E-state index in [4.69, 9.17) is 0 Å². The Hall–Kier alpha value is -1.26. The summed E-state index contributed by atoms with van der Waals surface area (Å²) < 4.78 is 1.95. The minimum Gasteiger partial charge on any atom is -0.307 e. The van der Waals surface area contributed by atoms with Crippen LogP contribution in [0.15, 0.2) is 42.7 Å². The van der Waals surface area contributed by atoms with Gasteiger partial charge in [-0.1, -0.05) is 18.2 Å². The van der Waals surface area contributed by atoms with Crippen molar-refractivity contribution in [3.8, 4) is 5.69 Å². The van der Waals surface area contributed by atoms with Gasteiger partial charge in [-0.25, -0.2) is 4.68 Å². The maximum absolute atomic E-state index is 4.36. The van der Waals surface area contributed by atoms with E-state index < -0.39 is 0 Å². The first-order chi connectivity index (χ1) is 9.84. The number of para-hydroxylation sites is 1. The van der Waals surface area contributed by atoms with Crippen molar-refractivity contribution in [1.29, 1.82) is 0 Å². The number of benzene rings is 1. The molecule has 0 unspecified atom stereocenters. The maximum atomic E-state index is 4.36. The first kappa shape index (κ1) is 13.7. The number of rotatable bonds is 4. The molecular weight excluding hydrogens is 266 g/mol. The van der Waals surface area contributed by atoms with Crippen LogP contribution in [-0.2, 0) is 0 Å². The highest BCUT2D eigenvalue weighted by Crippen LogP contribution is 2.24. The monoisotopic (exact) mass is 287 g/mol. The molecule has 0 bridgehead atoms. The lowest BCUT2D eigenvalue weighted by Crippen LogP contribution is -2.34. The van der Waals surface area contributed by atoms with Gasteiger partial charge in [0.15, 0.2) is 0 Å². The summed E-state index contributed by atoms with van der Waals surface area (Å²) in [5.74, 6) is 2.57. The fourth-order valence-electron chi connectivity index (χ4n) is 2.78. The van der Waals surface area contributed by atoms with Gasteiger partial charge in [-0.15, -0.1) is 0 Å². The van der Waals surface area contributed by atoms with Crippen LogP contribution in [0.5, 0.6) is 0 Å². The van der Waals surface area contributed by atoms with Gasteiger partial charge >= 0.3 is 0 Å². The molecule has 0 saturated carbocycles. The van der Waals surface area contributed by atoms with E-state index in [1.165, 1.54) is 35.6 Å². The predicted octanol–water partition coefficient (Wildman–Crippen LogP) is 3.42. The first-order valence-electron chi connectivity index (χ1n) is 7.27. The van der Waals surface area contributed by atoms with Gasteiger partial charge in [-0.05, 0) is 49.0 Å². The second kappa shape index (κ2) is 6.46. The molecule has 2 aromatic rings. The minimum absolute atomic E-state index is 0.350. The van der Waals surface area contributed by atoms with Crippen LogP contribution in [-0.4, -0.2) is 27.3 Å². The van der Waals surface area contributed by atoms with Gasteiger partial charge in [-0.3, -0.25) is 0 Å². The third-order valence-corrected chi connectivity index (χ3v) is 4.91. The van der Waals surface area contributed by atoms with Gasteiger partial charge in [0.1, 0.15) is 0 Å². The van der Waals surface area contributed by atoms with Crippen LogP contribution in [0.2, 0.25) is 0 Å². The lowest BCUT2D eigenvalue weighted by molar-refractivity contribution is 0.430. The average molecular weight is 287 g/mol. The van der Waals surface area contributed by atoms with Gasteiger partial charge in [-0.2, -0.15) is 16.9 Å². The van der Waals surface area contributed by atoms with Crippen LogP contribution < -0.4 is 5.32 Å². The standard InChI is InChI=1S/C16H21N3S/c1-13(18-14-7-11-20-12-8-14)15-5-2-3-6-16(15)19-10-4-9-17-19/h2-6,9-10,13-14,18H,7-8,11-12H2,1H3/t13-/m1/s1. The first-order valence-corrected chi connectivity index (χ1v) is 8.43. The van der Waals surface area contributed by atoms with Crippen molar-refractivity contribution in [1.82, 2.24) is 15.1 Å². The van der Waals surface area contributed by atoms with Crippen LogP contribution in [0.25, 0.3) is 5.69 Å². The highest BCUT2D eigenvalue weighted by Gasteiger charge is 2.18. The molecule has 1 aliphatic rings. The SMILES string of the molecule is C[C@@H](NC1CCSCC1)c1ccccc1-n1cccn1. The number of hydrogen-bond donors (Lipinski definition) is 1. The zero-order valence-corrected chi connectivity index (χ0v) is 12.6. The molecule has 1 fully saturated rings. The van der Waals surface area contributed by atoms with Crippen LogP contribution in [0.3, 0.4) is 0 Å². The Balaban J connectivity index is 1.79. The molecule has 3 nitrogen and oxygen atoms in total. The Bertz CT molecular complexity index is 532. The van der Waals surface area contributed by atoms with Gasteiger partial charge < -0.3 is 5.32 Å². The fourth-order valence-corrected chi connectivity index (χ4v) is 3.89. The Kier molecular flexibility index (Phi) is 4.43. The molecule has 3 rings (SSSR count). The average Bonchev–Trinajstić information content (AvgIpc) is 3.02. The summed E-state index contributed by atoms with van der Waals surface area (Å²) in [6.07, 6.45) is 6.38. The molecule has 0 spiro atoms. The molecule has 1 atom stereocenters. The topological polar surface area (TPSA) is 29.9 Å². The fraction of sp³-hybridized carbons (Fsp3) is 0.438. The molecular formula is C16H21N3S. The van der Waals surface area contributed by atoms with Crippen molar-refractivity contribution in [3.05, 3.63) is 48.3 Å². The van der Waals surface area contributed by atoms with Crippen LogP contribution >= 0.6 is 11.8 Å². The normalized spacial score (nSPS) is 18.1. The van der Waals surface area contributed by atoms with Crippen molar-refractivity contribution < 1.29 is 0 Å². The van der Waals surface area contributed by atoms with E-state index >= 15 is 0 Å². The van der Waals surface area contributed by atoms with E-state index in [9.17, 15) is 0 Å². The molecule has 1 aromatic heterocycles. The Morgan fingerprint density at radius 2 is 2.05 bits per heavy atom. The molecule has 0 radical (unpaired) electrons. The third kappa shape index (κ3) is 3.07. The van der Waals surface area contributed by atoms with Crippen molar-refractivity contribution >= 4 is 11.8 Å². The van der Waals surface area contributed by atoms with E-state index in [0.717, 1.165) is 0 Å². The van der Waals surface area contributed by atoms with E-state index in [1.807, 2.05) is 23.1 Å². The summed E-state index contributed by atoms with van der Waals surface area (Å²) in [5.41, 5.74) is 2.48. The summed E-state index contributed by atoms with van der Waals surface area (Å²) in [4.78, 5) is 0. The summed E-state index contributed by atoms with van der Waals surface area (Å²) in [7, 11) is 0. The molecule has 1 saturated heterocycles. The van der Waals surface area contributed by atoms with Crippen LogP contribution in [0.1, 0.15) is 31.4 Å². The molecule has 0 amide bonds. The summed E-state index contributed by atoms with van der Waals surface area (Å²) >= 11 is 2.07. The summed E-state index contributed by atoms with van der Waals surface area (Å²) in [6.45, 7) is 2.25. The van der Waals surface area contributed by atoms with Gasteiger partial charge in [0, 0.05) is 24.5 Å². The largest absolute Gasteiger partial charge is 0.307 e. The molecule has 1 aliphatic heterocycles. The molecule has 4 heteroatoms. The van der Waals surface area contributed by atoms with Crippen molar-refractivity contribution in [3.63, 3.8) is 0 Å². The molecule has 1 aromatic carbocycles. The zero-order valence-electron chi connectivity index (χ0n) is 11.8. The number of hydrogen-bond acceptors (Lipinski definition) is 3. The molecule has 20 heavy (non-hydrogen) atoms. The second-order valence-corrected chi connectivity index (χ2v) is 6.51. The third-order valence-electron chi connectivity index (χ3n) is 3.86. The lowest BCUT2D eigenvalue weighted by atomic mass is 10.0. The van der Waals surface area contributed by atoms with Crippen molar-refractivity contribution in [2.75, 3.05) is 11.5 Å². The Morgan fingerprint density at radius 3 is 2.80 bits per heavy atom. The molecule has 1 N–H and O–H groups in total. The minimum atomic E-state index is 0.350. The summed E-state index contributed by atoms with van der Waals surface area (Å²) in [6, 6.07) is 11.5. The summed E-state index contributed by atoms with van der Waals surface area (Å²) in [5, 5.41) is 8.14. The van der Waals surface area contributed by atoms with E-state index in [1.54, 1.807) is 0 Å². The lowest BCUT2D eigenvalue weighted by Gasteiger charge is -2.27. The zero-order chi connectivity index (χ0) is 13.8. The smallest absolute Gasteiger partial charge is 0.0693 e. The quantitative estimate of drug-likeness (QED) is 0.934. The number of nitrogens with one attached hydrogen (secondary N) is 1. The number of thioether (sulfide) groups is 1. The molecule has 2 heterocycles. The van der Waals surface area contributed by atoms with Gasteiger partial charge in [0.25, 0.3) is 0 Å². The predicted molar refractivity (Wildman–Crippen MR) is 85.5 cm³/mol. The van der Waals surface area contributed by atoms with E-state index in [0.29, 0.717) is 12.1 Å². The van der Waals surface area contributed by atoms with E-state index in [-0.39, 0.29) is 0 Å². The molecule has 106 valence electrons. The van der Waals surface area contributed by atoms with Crippen molar-refractivity contribution in [2.24, 2.45) is 0 Å². The van der Waals surface area contributed by atoms with Gasteiger partial charge in [0.2, 0.25) is 0 Å². The molecule has 0 aliphatic carbocycles. The Morgan fingerprint density at radius 1 is 1.25 bits per heavy atom. The highest BCUT2D eigenvalue weighted by molar-refractivity contribution is 7.99. The second-order valence-electron chi connectivity index (χ2n) is 5.28.